The molecule has 1 aromatic heterocycles. The molecule has 0 radical (unpaired) electrons. The predicted octanol–water partition coefficient (Wildman–Crippen LogP) is 3.08. The highest BCUT2D eigenvalue weighted by atomic mass is 32.2. The summed E-state index contributed by atoms with van der Waals surface area (Å²) >= 11 is 1.24. The summed E-state index contributed by atoms with van der Waals surface area (Å²) in [5, 5.41) is 3.96. The lowest BCUT2D eigenvalue weighted by Gasteiger charge is -2.13. The van der Waals surface area contributed by atoms with Crippen molar-refractivity contribution in [2.75, 3.05) is 24.8 Å². The molecule has 1 amide bonds. The molecule has 3 aromatic rings. The highest BCUT2D eigenvalue weighted by molar-refractivity contribution is 7.99. The van der Waals surface area contributed by atoms with Crippen molar-refractivity contribution < 1.29 is 9.53 Å². The third-order valence-corrected chi connectivity index (χ3v) is 5.07. The fourth-order valence-corrected chi connectivity index (χ4v) is 3.49. The van der Waals surface area contributed by atoms with E-state index in [0.717, 1.165) is 11.3 Å². The predicted molar refractivity (Wildman–Crippen MR) is 108 cm³/mol. The summed E-state index contributed by atoms with van der Waals surface area (Å²) in [6.45, 7) is 2.72. The van der Waals surface area contributed by atoms with E-state index in [9.17, 15) is 9.59 Å². The molecule has 0 unspecified atom stereocenters. The van der Waals surface area contributed by atoms with Crippen LogP contribution >= 0.6 is 11.8 Å². The standard InChI is InChI=1S/C20H21N3O3S/c1-14-7-3-5-9-16(14)21-18(24)13-27-20-22-17-10-6-4-8-15(17)19(25)23(20)11-12-26-2/h3-10H,11-13H2,1-2H3,(H,21,24). The summed E-state index contributed by atoms with van der Waals surface area (Å²) in [5.74, 6) is 0.0153. The SMILES string of the molecule is COCCn1c(SCC(=O)Nc2ccccc2C)nc2ccccc2c1=O. The van der Waals surface area contributed by atoms with Gasteiger partial charge in [-0.05, 0) is 30.7 Å². The summed E-state index contributed by atoms with van der Waals surface area (Å²) < 4.78 is 6.68. The number of hydrogen-bond donors (Lipinski definition) is 1. The van der Waals surface area contributed by atoms with Gasteiger partial charge in [-0.25, -0.2) is 4.98 Å². The highest BCUT2D eigenvalue weighted by Gasteiger charge is 2.13. The van der Waals surface area contributed by atoms with Crippen LogP contribution < -0.4 is 10.9 Å². The number of rotatable bonds is 7. The molecule has 140 valence electrons. The number of amides is 1. The summed E-state index contributed by atoms with van der Waals surface area (Å²) in [5.41, 5.74) is 2.28. The number of nitrogens with one attached hydrogen (secondary N) is 1. The van der Waals surface area contributed by atoms with Gasteiger partial charge in [0.2, 0.25) is 5.91 Å². The van der Waals surface area contributed by atoms with E-state index < -0.39 is 0 Å². The third kappa shape index (κ3) is 4.56. The van der Waals surface area contributed by atoms with Crippen molar-refractivity contribution in [3.63, 3.8) is 0 Å². The molecule has 0 bridgehead atoms. The molecule has 0 aliphatic carbocycles. The van der Waals surface area contributed by atoms with E-state index >= 15 is 0 Å². The van der Waals surface area contributed by atoms with E-state index in [4.69, 9.17) is 4.74 Å². The maximum Gasteiger partial charge on any atom is 0.262 e. The van der Waals surface area contributed by atoms with Crippen molar-refractivity contribution in [1.29, 1.82) is 0 Å². The molecule has 1 N–H and O–H groups in total. The Morgan fingerprint density at radius 3 is 2.70 bits per heavy atom. The van der Waals surface area contributed by atoms with Gasteiger partial charge in [0.25, 0.3) is 5.56 Å². The van der Waals surface area contributed by atoms with E-state index in [-0.39, 0.29) is 17.2 Å². The van der Waals surface area contributed by atoms with E-state index in [1.165, 1.54) is 11.8 Å². The minimum atomic E-state index is -0.144. The second kappa shape index (κ2) is 8.83. The van der Waals surface area contributed by atoms with Gasteiger partial charge >= 0.3 is 0 Å². The van der Waals surface area contributed by atoms with Gasteiger partial charge in [0, 0.05) is 12.8 Å². The number of thioether (sulfide) groups is 1. The third-order valence-electron chi connectivity index (χ3n) is 4.10. The van der Waals surface area contributed by atoms with Crippen molar-refractivity contribution >= 4 is 34.3 Å². The zero-order chi connectivity index (χ0) is 19.2. The molecule has 3 rings (SSSR count). The molecule has 6 nitrogen and oxygen atoms in total. The first-order chi connectivity index (χ1) is 13.1. The minimum absolute atomic E-state index is 0.125. The maximum atomic E-state index is 12.8. The van der Waals surface area contributed by atoms with Crippen LogP contribution in [0.2, 0.25) is 0 Å². The number of anilines is 1. The Morgan fingerprint density at radius 2 is 1.93 bits per heavy atom. The van der Waals surface area contributed by atoms with Gasteiger partial charge in [0.05, 0.1) is 29.8 Å². The van der Waals surface area contributed by atoms with Crippen LogP contribution in [0.5, 0.6) is 0 Å². The monoisotopic (exact) mass is 383 g/mol. The second-order valence-electron chi connectivity index (χ2n) is 6.01. The zero-order valence-corrected chi connectivity index (χ0v) is 16.1. The van der Waals surface area contributed by atoms with E-state index in [1.807, 2.05) is 43.3 Å². The summed E-state index contributed by atoms with van der Waals surface area (Å²) in [7, 11) is 1.59. The van der Waals surface area contributed by atoms with Crippen LogP contribution in [0.3, 0.4) is 0 Å². The molecular formula is C20H21N3O3S. The molecular weight excluding hydrogens is 362 g/mol. The Morgan fingerprint density at radius 1 is 1.19 bits per heavy atom. The van der Waals surface area contributed by atoms with Crippen molar-refractivity contribution in [3.8, 4) is 0 Å². The van der Waals surface area contributed by atoms with Crippen molar-refractivity contribution in [3.05, 3.63) is 64.4 Å². The normalized spacial score (nSPS) is 10.9. The number of methoxy groups -OCH3 is 1. The molecule has 0 saturated carbocycles. The number of carbonyl (C=O) groups is 1. The van der Waals surface area contributed by atoms with Crippen LogP contribution in [0, 0.1) is 6.92 Å². The summed E-state index contributed by atoms with van der Waals surface area (Å²) in [6.07, 6.45) is 0. The topological polar surface area (TPSA) is 73.2 Å². The molecule has 1 heterocycles. The van der Waals surface area contributed by atoms with Crippen LogP contribution in [0.1, 0.15) is 5.56 Å². The maximum absolute atomic E-state index is 12.8. The van der Waals surface area contributed by atoms with E-state index in [1.54, 1.807) is 23.8 Å². The Hall–Kier alpha value is -2.64. The van der Waals surface area contributed by atoms with Gasteiger partial charge in [-0.2, -0.15) is 0 Å². The summed E-state index contributed by atoms with van der Waals surface area (Å²) in [4.78, 5) is 29.7. The molecule has 0 aliphatic rings. The number of benzene rings is 2. The molecule has 0 aliphatic heterocycles. The minimum Gasteiger partial charge on any atom is -0.383 e. The van der Waals surface area contributed by atoms with Gasteiger partial charge in [-0.3, -0.25) is 14.2 Å². The Bertz CT molecular complexity index is 1020. The first-order valence-electron chi connectivity index (χ1n) is 8.57. The lowest BCUT2D eigenvalue weighted by molar-refractivity contribution is -0.113. The lowest BCUT2D eigenvalue weighted by atomic mass is 10.2. The van der Waals surface area contributed by atoms with E-state index in [0.29, 0.717) is 29.2 Å². The van der Waals surface area contributed by atoms with Crippen LogP contribution in [0.25, 0.3) is 10.9 Å². The first kappa shape index (κ1) is 19.1. The fourth-order valence-electron chi connectivity index (χ4n) is 2.67. The number of aryl methyl sites for hydroxylation is 1. The molecule has 0 saturated heterocycles. The Kier molecular flexibility index (Phi) is 6.26. The lowest BCUT2D eigenvalue weighted by Crippen LogP contribution is -2.26. The van der Waals surface area contributed by atoms with Crippen molar-refractivity contribution in [2.24, 2.45) is 0 Å². The first-order valence-corrected chi connectivity index (χ1v) is 9.55. The molecule has 0 atom stereocenters. The molecule has 0 spiro atoms. The van der Waals surface area contributed by atoms with Crippen molar-refractivity contribution in [2.45, 2.75) is 18.6 Å². The average Bonchev–Trinajstić information content (AvgIpc) is 2.68. The molecule has 0 fully saturated rings. The van der Waals surface area contributed by atoms with Gasteiger partial charge in [0.15, 0.2) is 5.16 Å². The Balaban J connectivity index is 1.81. The van der Waals surface area contributed by atoms with Crippen LogP contribution in [0.15, 0.2) is 58.5 Å². The Labute approximate surface area is 161 Å². The zero-order valence-electron chi connectivity index (χ0n) is 15.3. The van der Waals surface area contributed by atoms with Crippen LogP contribution in [0.4, 0.5) is 5.69 Å². The van der Waals surface area contributed by atoms with Gasteiger partial charge in [0.1, 0.15) is 0 Å². The number of ether oxygens (including phenoxy) is 1. The number of aromatic nitrogens is 2. The van der Waals surface area contributed by atoms with Gasteiger partial charge in [-0.15, -0.1) is 0 Å². The average molecular weight is 383 g/mol. The fraction of sp³-hybridized carbons (Fsp3) is 0.250. The van der Waals surface area contributed by atoms with Crippen molar-refractivity contribution in [1.82, 2.24) is 9.55 Å². The summed E-state index contributed by atoms with van der Waals surface area (Å²) in [6, 6.07) is 14.8. The smallest absolute Gasteiger partial charge is 0.262 e. The number of fused-ring (bicyclic) bond motifs is 1. The van der Waals surface area contributed by atoms with Crippen LogP contribution in [-0.4, -0.2) is 34.9 Å². The highest BCUT2D eigenvalue weighted by Crippen LogP contribution is 2.19. The largest absolute Gasteiger partial charge is 0.383 e. The second-order valence-corrected chi connectivity index (χ2v) is 6.96. The molecule has 7 heteroatoms. The van der Waals surface area contributed by atoms with Crippen LogP contribution in [-0.2, 0) is 16.1 Å². The molecule has 2 aromatic carbocycles. The van der Waals surface area contributed by atoms with Gasteiger partial charge in [-0.1, -0.05) is 42.1 Å². The number of nitrogens with zero attached hydrogens (tertiary/aromatic N) is 2. The molecule has 27 heavy (non-hydrogen) atoms. The van der Waals surface area contributed by atoms with Gasteiger partial charge < -0.3 is 10.1 Å². The number of carbonyl (C=O) groups excluding carboxylic acids is 1. The quantitative estimate of drug-likeness (QED) is 0.501. The number of hydrogen-bond acceptors (Lipinski definition) is 5. The number of para-hydroxylation sites is 2. The van der Waals surface area contributed by atoms with E-state index in [2.05, 4.69) is 10.3 Å².